The van der Waals surface area contributed by atoms with Crippen molar-refractivity contribution < 1.29 is 13.2 Å². The third-order valence-electron chi connectivity index (χ3n) is 4.87. The number of nitrogens with zero attached hydrogens (tertiary/aromatic N) is 5. The highest BCUT2D eigenvalue weighted by Crippen LogP contribution is 2.19. The number of fused-ring (bicyclic) bond motifs is 1. The molecule has 1 aliphatic rings. The molecule has 9 nitrogen and oxygen atoms in total. The van der Waals surface area contributed by atoms with Crippen molar-refractivity contribution in [2.24, 2.45) is 0 Å². The van der Waals surface area contributed by atoms with Crippen LogP contribution in [0.4, 0.5) is 11.5 Å². The Morgan fingerprint density at radius 1 is 1.10 bits per heavy atom. The number of aryl methyl sites for hydroxylation is 1. The van der Waals surface area contributed by atoms with Gasteiger partial charge in [-0.1, -0.05) is 12.1 Å². The fraction of sp³-hybridized carbons (Fsp3) is 0.316. The van der Waals surface area contributed by atoms with Crippen LogP contribution in [0.3, 0.4) is 0 Å². The van der Waals surface area contributed by atoms with Gasteiger partial charge in [-0.25, -0.2) is 13.4 Å². The first-order valence-electron chi connectivity index (χ1n) is 9.30. The fourth-order valence-corrected chi connectivity index (χ4v) is 4.72. The Morgan fingerprint density at radius 3 is 2.66 bits per heavy atom. The second kappa shape index (κ2) is 7.80. The molecule has 152 valence electrons. The molecule has 0 radical (unpaired) electrons. The number of piperazine rings is 1. The lowest BCUT2D eigenvalue weighted by Crippen LogP contribution is -2.50. The summed E-state index contributed by atoms with van der Waals surface area (Å²) in [6.45, 7) is 3.90. The summed E-state index contributed by atoms with van der Waals surface area (Å²) in [7, 11) is -3.71. The van der Waals surface area contributed by atoms with Crippen LogP contribution in [0.2, 0.25) is 0 Å². The fourth-order valence-electron chi connectivity index (χ4n) is 3.41. The van der Waals surface area contributed by atoms with Crippen LogP contribution in [-0.2, 0) is 14.8 Å². The van der Waals surface area contributed by atoms with E-state index in [0.29, 0.717) is 37.6 Å². The number of hydrogen-bond acceptors (Lipinski definition) is 6. The average Bonchev–Trinajstić information content (AvgIpc) is 3.18. The van der Waals surface area contributed by atoms with Crippen LogP contribution >= 0.6 is 0 Å². The van der Waals surface area contributed by atoms with Gasteiger partial charge in [0.1, 0.15) is 11.6 Å². The second-order valence-corrected chi connectivity index (χ2v) is 8.93. The SMILES string of the molecule is Cc1cccc(N2CCN(S(=O)(=O)CC(=O)Nc3ccnc4ccnn34)CC2)c1. The first-order valence-corrected chi connectivity index (χ1v) is 10.9. The number of nitrogens with one attached hydrogen (secondary N) is 1. The molecule has 1 aromatic carbocycles. The lowest BCUT2D eigenvalue weighted by Gasteiger charge is -2.35. The molecule has 1 fully saturated rings. The maximum absolute atomic E-state index is 12.7. The molecule has 0 saturated carbocycles. The van der Waals surface area contributed by atoms with Gasteiger partial charge < -0.3 is 10.2 Å². The summed E-state index contributed by atoms with van der Waals surface area (Å²) >= 11 is 0. The molecule has 29 heavy (non-hydrogen) atoms. The summed E-state index contributed by atoms with van der Waals surface area (Å²) in [6, 6.07) is 11.4. The van der Waals surface area contributed by atoms with Crippen LogP contribution in [0.1, 0.15) is 5.56 Å². The number of sulfonamides is 1. The number of carbonyl (C=O) groups excluding carboxylic acids is 1. The van der Waals surface area contributed by atoms with Crippen molar-refractivity contribution in [3.63, 3.8) is 0 Å². The Balaban J connectivity index is 1.38. The second-order valence-electron chi connectivity index (χ2n) is 6.96. The number of rotatable bonds is 5. The lowest BCUT2D eigenvalue weighted by atomic mass is 10.2. The Hall–Kier alpha value is -2.98. The van der Waals surface area contributed by atoms with E-state index >= 15 is 0 Å². The molecule has 3 aromatic rings. The van der Waals surface area contributed by atoms with Crippen molar-refractivity contribution in [3.05, 3.63) is 54.4 Å². The topological polar surface area (TPSA) is 99.9 Å². The van der Waals surface area contributed by atoms with E-state index in [9.17, 15) is 13.2 Å². The highest BCUT2D eigenvalue weighted by atomic mass is 32.2. The standard InChI is InChI=1S/C19H22N6O3S/c1-15-3-2-4-16(13-15)23-9-11-24(12-10-23)29(27,28)14-19(26)22-18-5-7-20-17-6-8-21-25(17)18/h2-8,13H,9-12,14H2,1H3,(H,22,26). The Labute approximate surface area is 169 Å². The van der Waals surface area contributed by atoms with E-state index < -0.39 is 21.7 Å². The minimum atomic E-state index is -3.71. The maximum atomic E-state index is 12.7. The Bertz CT molecular complexity index is 1140. The van der Waals surface area contributed by atoms with Gasteiger partial charge in [0.15, 0.2) is 5.65 Å². The summed E-state index contributed by atoms with van der Waals surface area (Å²) in [6.07, 6.45) is 3.09. The third-order valence-corrected chi connectivity index (χ3v) is 6.65. The molecular formula is C19H22N6O3S. The first-order chi connectivity index (χ1) is 13.9. The van der Waals surface area contributed by atoms with Gasteiger partial charge in [0, 0.05) is 44.1 Å². The Morgan fingerprint density at radius 2 is 1.90 bits per heavy atom. The number of anilines is 2. The van der Waals surface area contributed by atoms with E-state index in [1.165, 1.54) is 15.0 Å². The van der Waals surface area contributed by atoms with Crippen molar-refractivity contribution in [2.75, 3.05) is 42.1 Å². The van der Waals surface area contributed by atoms with Crippen molar-refractivity contribution in [1.82, 2.24) is 18.9 Å². The van der Waals surface area contributed by atoms with Gasteiger partial charge in [-0.05, 0) is 30.7 Å². The van der Waals surface area contributed by atoms with Gasteiger partial charge in [-0.2, -0.15) is 13.9 Å². The summed E-state index contributed by atoms with van der Waals surface area (Å²) in [4.78, 5) is 18.6. The lowest BCUT2D eigenvalue weighted by molar-refractivity contribution is -0.114. The molecule has 1 aliphatic heterocycles. The van der Waals surface area contributed by atoms with Crippen molar-refractivity contribution in [2.45, 2.75) is 6.92 Å². The van der Waals surface area contributed by atoms with Gasteiger partial charge in [0.2, 0.25) is 15.9 Å². The number of aromatic nitrogens is 3. The van der Waals surface area contributed by atoms with Crippen LogP contribution in [0, 0.1) is 6.92 Å². The van der Waals surface area contributed by atoms with Crippen LogP contribution < -0.4 is 10.2 Å². The quantitative estimate of drug-likeness (QED) is 0.672. The normalized spacial score (nSPS) is 15.6. The maximum Gasteiger partial charge on any atom is 0.242 e. The van der Waals surface area contributed by atoms with Gasteiger partial charge in [0.25, 0.3) is 0 Å². The highest BCUT2D eigenvalue weighted by Gasteiger charge is 2.29. The van der Waals surface area contributed by atoms with Crippen LogP contribution in [0.5, 0.6) is 0 Å². The van der Waals surface area contributed by atoms with E-state index in [1.54, 1.807) is 18.3 Å². The molecule has 1 N–H and O–H groups in total. The molecule has 3 heterocycles. The summed E-state index contributed by atoms with van der Waals surface area (Å²) in [5, 5.41) is 6.69. The zero-order valence-corrected chi connectivity index (χ0v) is 16.8. The molecule has 4 rings (SSSR count). The summed E-state index contributed by atoms with van der Waals surface area (Å²) < 4.78 is 28.3. The predicted molar refractivity (Wildman–Crippen MR) is 110 cm³/mol. The van der Waals surface area contributed by atoms with E-state index in [2.05, 4.69) is 26.4 Å². The van der Waals surface area contributed by atoms with E-state index in [0.717, 1.165) is 11.3 Å². The number of hydrogen-bond donors (Lipinski definition) is 1. The molecule has 0 unspecified atom stereocenters. The van der Waals surface area contributed by atoms with E-state index in [-0.39, 0.29) is 0 Å². The zero-order chi connectivity index (χ0) is 20.4. The van der Waals surface area contributed by atoms with Crippen molar-refractivity contribution in [1.29, 1.82) is 0 Å². The minimum absolute atomic E-state index is 0.349. The number of benzene rings is 1. The smallest absolute Gasteiger partial charge is 0.242 e. The van der Waals surface area contributed by atoms with E-state index in [1.807, 2.05) is 25.1 Å². The van der Waals surface area contributed by atoms with Gasteiger partial charge in [-0.3, -0.25) is 4.79 Å². The highest BCUT2D eigenvalue weighted by molar-refractivity contribution is 7.89. The number of amides is 1. The van der Waals surface area contributed by atoms with Gasteiger partial charge in [-0.15, -0.1) is 0 Å². The van der Waals surface area contributed by atoms with Crippen LogP contribution in [0.15, 0.2) is 48.8 Å². The van der Waals surface area contributed by atoms with E-state index in [4.69, 9.17) is 0 Å². The average molecular weight is 414 g/mol. The van der Waals surface area contributed by atoms with Crippen LogP contribution in [-0.4, -0.2) is 65.2 Å². The summed E-state index contributed by atoms with van der Waals surface area (Å²) in [5.74, 6) is -0.832. The summed E-state index contributed by atoms with van der Waals surface area (Å²) in [5.41, 5.74) is 2.82. The number of carbonyl (C=O) groups is 1. The largest absolute Gasteiger partial charge is 0.369 e. The third kappa shape index (κ3) is 4.22. The molecule has 0 atom stereocenters. The van der Waals surface area contributed by atoms with Gasteiger partial charge >= 0.3 is 0 Å². The molecule has 0 bridgehead atoms. The minimum Gasteiger partial charge on any atom is -0.369 e. The van der Waals surface area contributed by atoms with Crippen molar-refractivity contribution in [3.8, 4) is 0 Å². The predicted octanol–water partition coefficient (Wildman–Crippen LogP) is 1.13. The van der Waals surface area contributed by atoms with Crippen LogP contribution in [0.25, 0.3) is 5.65 Å². The zero-order valence-electron chi connectivity index (χ0n) is 16.0. The molecule has 2 aromatic heterocycles. The molecule has 10 heteroatoms. The molecule has 1 amide bonds. The molecule has 0 spiro atoms. The molecular weight excluding hydrogens is 392 g/mol. The molecule has 1 saturated heterocycles. The first kappa shape index (κ1) is 19.3. The monoisotopic (exact) mass is 414 g/mol. The molecule has 0 aliphatic carbocycles. The Kier molecular flexibility index (Phi) is 5.20. The van der Waals surface area contributed by atoms with Gasteiger partial charge in [0.05, 0.1) is 6.20 Å². The van der Waals surface area contributed by atoms with Crippen molar-refractivity contribution >= 4 is 33.1 Å².